The molecule has 1 saturated heterocycles. The molecule has 6 heteroatoms. The normalized spacial score (nSPS) is 16.1. The molecular formula is C21H26ClN3O2. The van der Waals surface area contributed by atoms with Gasteiger partial charge in [0.1, 0.15) is 0 Å². The van der Waals surface area contributed by atoms with Crippen molar-refractivity contribution in [3.8, 4) is 0 Å². The molecule has 1 N–H and O–H groups in total. The van der Waals surface area contributed by atoms with E-state index in [1.165, 1.54) is 0 Å². The maximum Gasteiger partial charge on any atom is 0.226 e. The first-order valence-corrected chi connectivity index (χ1v) is 9.75. The third-order valence-corrected chi connectivity index (χ3v) is 5.23. The summed E-state index contributed by atoms with van der Waals surface area (Å²) < 4.78 is 5.30. The highest BCUT2D eigenvalue weighted by Gasteiger charge is 2.32. The van der Waals surface area contributed by atoms with Crippen molar-refractivity contribution in [3.63, 3.8) is 0 Å². The monoisotopic (exact) mass is 387 g/mol. The van der Waals surface area contributed by atoms with Crippen molar-refractivity contribution in [1.82, 2.24) is 15.2 Å². The lowest BCUT2D eigenvalue weighted by atomic mass is 9.93. The molecule has 0 bridgehead atoms. The van der Waals surface area contributed by atoms with Gasteiger partial charge in [0.25, 0.3) is 0 Å². The number of ether oxygens (including phenoxy) is 1. The van der Waals surface area contributed by atoms with Gasteiger partial charge in [-0.1, -0.05) is 29.8 Å². The molecule has 1 amide bonds. The second-order valence-electron chi connectivity index (χ2n) is 6.76. The Hall–Kier alpha value is -1.95. The third-order valence-electron chi connectivity index (χ3n) is 4.97. The van der Waals surface area contributed by atoms with Gasteiger partial charge >= 0.3 is 0 Å². The fraction of sp³-hybridized carbons (Fsp3) is 0.429. The van der Waals surface area contributed by atoms with Crippen molar-refractivity contribution in [2.75, 3.05) is 33.4 Å². The Kier molecular flexibility index (Phi) is 7.21. The summed E-state index contributed by atoms with van der Waals surface area (Å²) in [6.07, 6.45) is 3.48. The Balaban J connectivity index is 1.98. The van der Waals surface area contributed by atoms with E-state index in [2.05, 4.69) is 10.3 Å². The van der Waals surface area contributed by atoms with E-state index >= 15 is 0 Å². The average Bonchev–Trinajstić information content (AvgIpc) is 2.73. The molecule has 3 rings (SSSR count). The molecular weight excluding hydrogens is 362 g/mol. The molecule has 1 atom stereocenters. The molecule has 0 spiro atoms. The molecule has 0 aliphatic carbocycles. The van der Waals surface area contributed by atoms with Crippen LogP contribution in [0.3, 0.4) is 0 Å². The van der Waals surface area contributed by atoms with Crippen LogP contribution in [0.5, 0.6) is 0 Å². The van der Waals surface area contributed by atoms with Crippen LogP contribution >= 0.6 is 11.6 Å². The van der Waals surface area contributed by atoms with E-state index in [1.54, 1.807) is 13.3 Å². The zero-order valence-electron chi connectivity index (χ0n) is 15.6. The van der Waals surface area contributed by atoms with Crippen LogP contribution in [0.4, 0.5) is 0 Å². The molecule has 1 aliphatic rings. The standard InChI is InChI=1S/C21H26ClN3O2/c1-27-15-14-25(21(26)17-9-12-23-13-10-17)20(19-4-2-3-11-24-19)16-5-7-18(22)8-6-16/h2-8,11,17,20,23H,9-10,12-15H2,1H3/t20-/m1/s1. The summed E-state index contributed by atoms with van der Waals surface area (Å²) in [5.41, 5.74) is 1.84. The van der Waals surface area contributed by atoms with Crippen LogP contribution in [-0.4, -0.2) is 49.1 Å². The van der Waals surface area contributed by atoms with Gasteiger partial charge in [-0.25, -0.2) is 0 Å². The van der Waals surface area contributed by atoms with Crippen LogP contribution in [-0.2, 0) is 9.53 Å². The van der Waals surface area contributed by atoms with E-state index < -0.39 is 0 Å². The van der Waals surface area contributed by atoms with Gasteiger partial charge in [0.05, 0.1) is 18.3 Å². The second-order valence-corrected chi connectivity index (χ2v) is 7.19. The quantitative estimate of drug-likeness (QED) is 0.792. The highest BCUT2D eigenvalue weighted by atomic mass is 35.5. The summed E-state index contributed by atoms with van der Waals surface area (Å²) >= 11 is 6.09. The van der Waals surface area contributed by atoms with Crippen molar-refractivity contribution in [2.24, 2.45) is 5.92 Å². The van der Waals surface area contributed by atoms with Crippen molar-refractivity contribution in [1.29, 1.82) is 0 Å². The fourth-order valence-electron chi connectivity index (χ4n) is 3.55. The summed E-state index contributed by atoms with van der Waals surface area (Å²) in [6, 6.07) is 13.2. The number of nitrogens with zero attached hydrogens (tertiary/aromatic N) is 2. The predicted molar refractivity (Wildman–Crippen MR) is 107 cm³/mol. The summed E-state index contributed by atoms with van der Waals surface area (Å²) in [4.78, 5) is 19.9. The summed E-state index contributed by atoms with van der Waals surface area (Å²) in [5.74, 6) is 0.195. The topological polar surface area (TPSA) is 54.5 Å². The van der Waals surface area contributed by atoms with Crippen molar-refractivity contribution < 1.29 is 9.53 Å². The highest BCUT2D eigenvalue weighted by molar-refractivity contribution is 6.30. The van der Waals surface area contributed by atoms with E-state index in [0.717, 1.165) is 37.2 Å². The Morgan fingerprint density at radius 1 is 1.26 bits per heavy atom. The molecule has 2 heterocycles. The van der Waals surface area contributed by atoms with Crippen LogP contribution in [0.15, 0.2) is 48.7 Å². The number of amides is 1. The number of hydrogen-bond acceptors (Lipinski definition) is 4. The van der Waals surface area contributed by atoms with E-state index in [0.29, 0.717) is 18.2 Å². The van der Waals surface area contributed by atoms with Crippen molar-refractivity contribution in [2.45, 2.75) is 18.9 Å². The smallest absolute Gasteiger partial charge is 0.226 e. The number of carbonyl (C=O) groups is 1. The van der Waals surface area contributed by atoms with Gasteiger partial charge in [0.15, 0.2) is 0 Å². The summed E-state index contributed by atoms with van der Waals surface area (Å²) in [6.45, 7) is 2.75. The minimum Gasteiger partial charge on any atom is -0.383 e. The van der Waals surface area contributed by atoms with Crippen molar-refractivity contribution in [3.05, 3.63) is 64.9 Å². The fourth-order valence-corrected chi connectivity index (χ4v) is 3.68. The lowest BCUT2D eigenvalue weighted by Gasteiger charge is -2.35. The molecule has 0 radical (unpaired) electrons. The molecule has 1 aromatic heterocycles. The zero-order chi connectivity index (χ0) is 19.1. The Bertz CT molecular complexity index is 718. The summed E-state index contributed by atoms with van der Waals surface area (Å²) in [5, 5.41) is 4.00. The van der Waals surface area contributed by atoms with E-state index in [-0.39, 0.29) is 17.9 Å². The Morgan fingerprint density at radius 2 is 2.00 bits per heavy atom. The first kappa shape index (κ1) is 19.8. The average molecular weight is 388 g/mol. The first-order chi connectivity index (χ1) is 13.2. The molecule has 1 aliphatic heterocycles. The second kappa shape index (κ2) is 9.83. The number of rotatable bonds is 7. The van der Waals surface area contributed by atoms with Crippen LogP contribution in [0.1, 0.15) is 30.1 Å². The zero-order valence-corrected chi connectivity index (χ0v) is 16.4. The van der Waals surface area contributed by atoms with E-state index in [1.807, 2.05) is 47.4 Å². The minimum atomic E-state index is -0.263. The molecule has 0 unspecified atom stereocenters. The Morgan fingerprint density at radius 3 is 2.63 bits per heavy atom. The van der Waals surface area contributed by atoms with Crippen molar-refractivity contribution >= 4 is 17.5 Å². The number of hydrogen-bond donors (Lipinski definition) is 1. The lowest BCUT2D eigenvalue weighted by molar-refractivity contribution is -0.139. The number of halogens is 1. The van der Waals surface area contributed by atoms with Crippen LogP contribution in [0, 0.1) is 5.92 Å². The van der Waals surface area contributed by atoms with E-state index in [4.69, 9.17) is 16.3 Å². The van der Waals surface area contributed by atoms with E-state index in [9.17, 15) is 4.79 Å². The molecule has 1 aromatic carbocycles. The van der Waals surface area contributed by atoms with Gasteiger partial charge < -0.3 is 15.0 Å². The first-order valence-electron chi connectivity index (χ1n) is 9.37. The van der Waals surface area contributed by atoms with Gasteiger partial charge in [-0.2, -0.15) is 0 Å². The number of nitrogens with one attached hydrogen (secondary N) is 1. The van der Waals surface area contributed by atoms with Gasteiger partial charge in [-0.15, -0.1) is 0 Å². The molecule has 1 fully saturated rings. The van der Waals surface area contributed by atoms with Gasteiger partial charge in [-0.3, -0.25) is 9.78 Å². The SMILES string of the molecule is COCCN(C(=O)C1CCNCC1)[C@H](c1ccc(Cl)cc1)c1ccccn1. The molecule has 27 heavy (non-hydrogen) atoms. The maximum atomic E-state index is 13.4. The predicted octanol–water partition coefficient (Wildman–Crippen LogP) is 3.30. The summed E-state index contributed by atoms with van der Waals surface area (Å²) in [7, 11) is 1.66. The lowest BCUT2D eigenvalue weighted by Crippen LogP contribution is -2.44. The highest BCUT2D eigenvalue weighted by Crippen LogP contribution is 2.31. The number of methoxy groups -OCH3 is 1. The number of aromatic nitrogens is 1. The molecule has 5 nitrogen and oxygen atoms in total. The molecule has 2 aromatic rings. The molecule has 144 valence electrons. The van der Waals surface area contributed by atoms with Gasteiger partial charge in [0.2, 0.25) is 5.91 Å². The third kappa shape index (κ3) is 5.06. The van der Waals surface area contributed by atoms with Gasteiger partial charge in [0, 0.05) is 30.8 Å². The largest absolute Gasteiger partial charge is 0.383 e. The van der Waals surface area contributed by atoms with Crippen LogP contribution in [0.25, 0.3) is 0 Å². The van der Waals surface area contributed by atoms with Crippen LogP contribution in [0.2, 0.25) is 5.02 Å². The number of carbonyl (C=O) groups excluding carboxylic acids is 1. The molecule has 0 saturated carbocycles. The minimum absolute atomic E-state index is 0.0293. The Labute approximate surface area is 165 Å². The van der Waals surface area contributed by atoms with Crippen LogP contribution < -0.4 is 5.32 Å². The number of piperidine rings is 1. The number of benzene rings is 1. The maximum absolute atomic E-state index is 13.4. The number of pyridine rings is 1. The van der Waals surface area contributed by atoms with Gasteiger partial charge in [-0.05, 0) is 55.8 Å².